The molecule has 140 valence electrons. The van der Waals surface area contributed by atoms with Crippen LogP contribution >= 0.6 is 0 Å². The van der Waals surface area contributed by atoms with Crippen LogP contribution < -0.4 is 0 Å². The van der Waals surface area contributed by atoms with Gasteiger partial charge in [-0.2, -0.15) is 52.7 Å². The maximum absolute atomic E-state index is 13.4. The molecule has 0 aromatic carbocycles. The van der Waals surface area contributed by atoms with Crippen molar-refractivity contribution in [3.05, 3.63) is 0 Å². The Labute approximate surface area is 118 Å². The molecule has 0 fully saturated rings. The van der Waals surface area contributed by atoms with Crippen molar-refractivity contribution in [1.82, 2.24) is 0 Å². The maximum atomic E-state index is 13.4. The van der Waals surface area contributed by atoms with Crippen LogP contribution in [0.5, 0.6) is 0 Å². The van der Waals surface area contributed by atoms with Crippen molar-refractivity contribution >= 4 is 0 Å². The first-order valence-corrected chi connectivity index (χ1v) is 5.27. The summed E-state index contributed by atoms with van der Waals surface area (Å²) in [4.78, 5) is 0. The van der Waals surface area contributed by atoms with Crippen LogP contribution in [0.3, 0.4) is 0 Å². The average molecular weight is 380 g/mol. The van der Waals surface area contributed by atoms with Gasteiger partial charge in [0.1, 0.15) is 0 Å². The zero-order chi connectivity index (χ0) is 19.3. The Bertz CT molecular complexity index is 378. The third-order valence-electron chi connectivity index (χ3n) is 2.99. The molecule has 0 bridgehead atoms. The minimum Gasteiger partial charge on any atom is -0.224 e. The van der Waals surface area contributed by atoms with Crippen LogP contribution in [-0.2, 0) is 0 Å². The number of halogens is 14. The molecule has 0 aliphatic heterocycles. The van der Waals surface area contributed by atoms with Crippen LogP contribution in [0.15, 0.2) is 0 Å². The fourth-order valence-electron chi connectivity index (χ4n) is 1.67. The number of hydrogen-bond acceptors (Lipinski definition) is 0. The summed E-state index contributed by atoms with van der Waals surface area (Å²) < 4.78 is 173. The van der Waals surface area contributed by atoms with Crippen LogP contribution in [0, 0.1) is 5.92 Å². The normalized spacial score (nSPS) is 17.3. The lowest BCUT2D eigenvalue weighted by atomic mass is 9.80. The first-order chi connectivity index (χ1) is 9.63. The summed E-state index contributed by atoms with van der Waals surface area (Å²) in [5, 5.41) is 0. The van der Waals surface area contributed by atoms with Crippen molar-refractivity contribution < 1.29 is 61.5 Å². The van der Waals surface area contributed by atoms with Gasteiger partial charge in [0.15, 0.2) is 0 Å². The maximum Gasteiger partial charge on any atom is 0.431 e. The number of rotatable bonds is 3. The van der Waals surface area contributed by atoms with Crippen LogP contribution in [0.2, 0.25) is 0 Å². The smallest absolute Gasteiger partial charge is 0.224 e. The van der Waals surface area contributed by atoms with Crippen molar-refractivity contribution in [2.24, 2.45) is 5.92 Å². The molecule has 0 N–H and O–H groups in total. The van der Waals surface area contributed by atoms with Gasteiger partial charge in [-0.05, 0) is 0 Å². The van der Waals surface area contributed by atoms with Gasteiger partial charge in [-0.25, -0.2) is 8.78 Å². The lowest BCUT2D eigenvalue weighted by Gasteiger charge is -2.39. The minimum atomic E-state index is -6.91. The summed E-state index contributed by atoms with van der Waals surface area (Å²) in [7, 11) is 0. The summed E-state index contributed by atoms with van der Waals surface area (Å²) in [6.07, 6.45) is -31.1. The molecule has 0 aliphatic carbocycles. The highest BCUT2D eigenvalue weighted by atomic mass is 19.4. The highest BCUT2D eigenvalue weighted by Crippen LogP contribution is 2.56. The zero-order valence-corrected chi connectivity index (χ0v) is 10.6. The molecule has 0 radical (unpaired) electrons. The van der Waals surface area contributed by atoms with Crippen molar-refractivity contribution in [1.29, 1.82) is 0 Å². The van der Waals surface area contributed by atoms with Crippen molar-refractivity contribution in [3.63, 3.8) is 0 Å². The second kappa shape index (κ2) is 5.53. The molecule has 0 saturated carbocycles. The zero-order valence-electron chi connectivity index (χ0n) is 10.6. The minimum absolute atomic E-state index is 0.549. The molecule has 23 heavy (non-hydrogen) atoms. The van der Waals surface area contributed by atoms with E-state index in [0.29, 0.717) is 0 Å². The number of alkyl halides is 14. The van der Waals surface area contributed by atoms with Gasteiger partial charge >= 0.3 is 30.4 Å². The van der Waals surface area contributed by atoms with Crippen LogP contribution in [-0.4, -0.2) is 36.0 Å². The van der Waals surface area contributed by atoms with Gasteiger partial charge in [-0.3, -0.25) is 0 Å². The van der Waals surface area contributed by atoms with Crippen LogP contribution in [0.4, 0.5) is 61.5 Å². The van der Waals surface area contributed by atoms with Gasteiger partial charge in [0, 0.05) is 12.3 Å². The molecule has 0 spiro atoms. The predicted octanol–water partition coefficient (Wildman–Crippen LogP) is 5.68. The lowest BCUT2D eigenvalue weighted by molar-refractivity contribution is -0.377. The van der Waals surface area contributed by atoms with Gasteiger partial charge in [0.05, 0.1) is 0 Å². The van der Waals surface area contributed by atoms with Crippen LogP contribution in [0.25, 0.3) is 0 Å². The SMILES string of the molecule is CC(CC(F)(C(F)(F)F)C(F)(F)F)C(F)(C(F)(F)F)C(F)(F)F. The summed E-state index contributed by atoms with van der Waals surface area (Å²) in [5.41, 5.74) is -12.9. The first-order valence-electron chi connectivity index (χ1n) is 5.27. The van der Waals surface area contributed by atoms with E-state index >= 15 is 0 Å². The molecular formula is C9H6F14. The first kappa shape index (κ1) is 22.0. The summed E-state index contributed by atoms with van der Waals surface area (Å²) in [5.74, 6) is -4.07. The van der Waals surface area contributed by atoms with Crippen molar-refractivity contribution in [3.8, 4) is 0 Å². The van der Waals surface area contributed by atoms with E-state index in [1.165, 1.54) is 0 Å². The Morgan fingerprint density at radius 3 is 0.957 bits per heavy atom. The highest BCUT2D eigenvalue weighted by Gasteiger charge is 2.79. The third kappa shape index (κ3) is 3.59. The fraction of sp³-hybridized carbons (Fsp3) is 1.00. The Morgan fingerprint density at radius 1 is 0.522 bits per heavy atom. The summed E-state index contributed by atoms with van der Waals surface area (Å²) in [6, 6.07) is 0. The second-order valence-corrected chi connectivity index (χ2v) is 4.61. The Hall–Kier alpha value is -0.980. The van der Waals surface area contributed by atoms with E-state index in [1.807, 2.05) is 0 Å². The van der Waals surface area contributed by atoms with Crippen LogP contribution in [0.1, 0.15) is 13.3 Å². The van der Waals surface area contributed by atoms with E-state index in [-0.39, 0.29) is 0 Å². The average Bonchev–Trinajstić information content (AvgIpc) is 2.21. The molecular weight excluding hydrogens is 374 g/mol. The topological polar surface area (TPSA) is 0 Å². The van der Waals surface area contributed by atoms with E-state index in [1.54, 1.807) is 0 Å². The second-order valence-electron chi connectivity index (χ2n) is 4.61. The van der Waals surface area contributed by atoms with E-state index in [4.69, 9.17) is 0 Å². The molecule has 14 heteroatoms. The van der Waals surface area contributed by atoms with Crippen molar-refractivity contribution in [2.75, 3.05) is 0 Å². The lowest BCUT2D eigenvalue weighted by Crippen LogP contribution is -2.62. The Morgan fingerprint density at radius 2 is 0.783 bits per heavy atom. The van der Waals surface area contributed by atoms with Gasteiger partial charge in [0.2, 0.25) is 0 Å². The molecule has 0 saturated heterocycles. The Balaban J connectivity index is 6.06. The summed E-state index contributed by atoms with van der Waals surface area (Å²) in [6.45, 7) is -0.549. The monoisotopic (exact) mass is 380 g/mol. The van der Waals surface area contributed by atoms with E-state index in [2.05, 4.69) is 0 Å². The molecule has 0 aromatic heterocycles. The third-order valence-corrected chi connectivity index (χ3v) is 2.99. The van der Waals surface area contributed by atoms with Crippen molar-refractivity contribution in [2.45, 2.75) is 49.4 Å². The van der Waals surface area contributed by atoms with E-state index in [9.17, 15) is 61.5 Å². The quantitative estimate of drug-likeness (QED) is 0.553. The molecule has 0 heterocycles. The Kier molecular flexibility index (Phi) is 5.30. The molecule has 0 aromatic rings. The molecule has 0 aliphatic rings. The van der Waals surface area contributed by atoms with Gasteiger partial charge < -0.3 is 0 Å². The molecule has 0 amide bonds. The van der Waals surface area contributed by atoms with Gasteiger partial charge in [-0.15, -0.1) is 0 Å². The summed E-state index contributed by atoms with van der Waals surface area (Å²) >= 11 is 0. The van der Waals surface area contributed by atoms with E-state index < -0.39 is 55.3 Å². The molecule has 1 atom stereocenters. The van der Waals surface area contributed by atoms with E-state index in [0.717, 1.165) is 0 Å². The fourth-order valence-corrected chi connectivity index (χ4v) is 1.67. The van der Waals surface area contributed by atoms with Gasteiger partial charge in [0.25, 0.3) is 5.67 Å². The molecule has 0 nitrogen and oxygen atoms in total. The largest absolute Gasteiger partial charge is 0.431 e. The highest BCUT2D eigenvalue weighted by molar-refractivity contribution is 5.04. The predicted molar refractivity (Wildman–Crippen MR) is 45.7 cm³/mol. The standard InChI is InChI=1S/C9H6F14/c1-3(5(11,8(18,19)20)9(21,22)23)2-4(10,6(12,13)14)7(15,16)17/h3H,2H2,1H3. The molecule has 0 rings (SSSR count). The molecule has 1 unspecified atom stereocenters. The van der Waals surface area contributed by atoms with Gasteiger partial charge in [-0.1, -0.05) is 6.92 Å². The number of hydrogen-bond donors (Lipinski definition) is 0.